The number of halogens is 8. The first-order valence-corrected chi connectivity index (χ1v) is 12.2. The average Bonchev–Trinajstić information content (AvgIpc) is 2.74. The van der Waals surface area contributed by atoms with Crippen LogP contribution in [0.4, 0.5) is 37.4 Å². The van der Waals surface area contributed by atoms with Crippen LogP contribution in [0.15, 0.2) is 22.6 Å². The van der Waals surface area contributed by atoms with Crippen molar-refractivity contribution in [2.75, 3.05) is 13.2 Å². The molecule has 0 saturated heterocycles. The molecule has 2 unspecified atom stereocenters. The molecule has 38 heavy (non-hydrogen) atoms. The molecule has 2 atom stereocenters. The van der Waals surface area contributed by atoms with Crippen molar-refractivity contribution < 1.29 is 71.1 Å². The number of alkyl halides is 3. The van der Waals surface area contributed by atoms with Gasteiger partial charge in [-0.2, -0.15) is 13.2 Å². The fraction of sp³-hybridized carbons (Fsp3) is 0.474. The number of carbonyl (C=O) groups is 2. The van der Waals surface area contributed by atoms with Gasteiger partial charge in [0.15, 0.2) is 0 Å². The first-order valence-electron chi connectivity index (χ1n) is 10.3. The molecule has 0 saturated carbocycles. The Morgan fingerprint density at radius 3 is 2.29 bits per heavy atom. The Morgan fingerprint density at radius 1 is 1.13 bits per heavy atom. The number of nitrogens with zero attached hydrogens (tertiary/aromatic N) is 1. The summed E-state index contributed by atoms with van der Waals surface area (Å²) in [6.07, 6.45) is -12.1. The summed E-state index contributed by atoms with van der Waals surface area (Å²) in [6, 6.07) is -0.161. The maximum absolute atomic E-state index is 13.6. The fourth-order valence-corrected chi connectivity index (χ4v) is 3.73. The zero-order valence-electron chi connectivity index (χ0n) is 19.3. The SMILES string of the molecule is CCc1cc(S(F)(F)(F)(F)F)cc2c1OC(C(F)(F)F)C(C(=O)OC(C)OC(=O)OCCCO[N+](=O)[O-])=C2. The molecule has 0 radical (unpaired) electrons. The molecule has 216 valence electrons. The number of rotatable bonds is 10. The van der Waals surface area contributed by atoms with Crippen molar-refractivity contribution in [3.05, 3.63) is 38.9 Å². The van der Waals surface area contributed by atoms with Crippen molar-refractivity contribution in [3.63, 3.8) is 0 Å². The lowest BCUT2D eigenvalue weighted by Crippen LogP contribution is -2.41. The van der Waals surface area contributed by atoms with Crippen LogP contribution < -0.4 is 4.74 Å². The van der Waals surface area contributed by atoms with Crippen molar-refractivity contribution in [1.29, 1.82) is 0 Å². The van der Waals surface area contributed by atoms with Gasteiger partial charge in [0.05, 0.1) is 18.8 Å². The van der Waals surface area contributed by atoms with E-state index in [4.69, 9.17) is 4.74 Å². The Balaban J connectivity index is 2.28. The van der Waals surface area contributed by atoms with E-state index < -0.39 is 93.0 Å². The summed E-state index contributed by atoms with van der Waals surface area (Å²) in [4.78, 5) is 35.5. The lowest BCUT2D eigenvalue weighted by molar-refractivity contribution is -0.757. The highest BCUT2D eigenvalue weighted by Gasteiger charge is 2.66. The van der Waals surface area contributed by atoms with Gasteiger partial charge in [0, 0.05) is 18.9 Å². The van der Waals surface area contributed by atoms with Crippen LogP contribution in [0.1, 0.15) is 31.4 Å². The minimum Gasteiger partial charge on any atom is -0.475 e. The van der Waals surface area contributed by atoms with Crippen LogP contribution in [0.5, 0.6) is 5.75 Å². The second-order valence-corrected chi connectivity index (χ2v) is 9.97. The quantitative estimate of drug-likeness (QED) is 0.0778. The molecule has 10 nitrogen and oxygen atoms in total. The zero-order valence-corrected chi connectivity index (χ0v) is 20.1. The molecular formula is C19H19F8NO9S. The van der Waals surface area contributed by atoms with E-state index >= 15 is 0 Å². The molecule has 1 aromatic carbocycles. The second-order valence-electron chi connectivity index (χ2n) is 7.56. The molecule has 19 heteroatoms. The standard InChI is InChI=1S/C19H19F8NO9S/c1-3-11-7-13(38(23,24,25,26)27)8-12-9-14(16(19(20,21)22)37-15(11)12)17(29)35-10(2)36-18(30)33-5-4-6-34-28(31)32/h7-10,16H,3-6H2,1-2H3. The third kappa shape index (κ3) is 8.25. The van der Waals surface area contributed by atoms with E-state index in [1.165, 1.54) is 6.92 Å². The summed E-state index contributed by atoms with van der Waals surface area (Å²) >= 11 is 0. The predicted octanol–water partition coefficient (Wildman–Crippen LogP) is 6.25. The van der Waals surface area contributed by atoms with E-state index in [0.717, 1.165) is 6.92 Å². The van der Waals surface area contributed by atoms with Gasteiger partial charge in [-0.1, -0.05) is 26.4 Å². The Labute approximate surface area is 208 Å². The third-order valence-electron chi connectivity index (χ3n) is 4.60. The van der Waals surface area contributed by atoms with E-state index in [2.05, 4.69) is 19.0 Å². The molecule has 0 aliphatic carbocycles. The highest BCUT2D eigenvalue weighted by atomic mass is 32.5. The van der Waals surface area contributed by atoms with Gasteiger partial charge in [-0.3, -0.25) is 0 Å². The summed E-state index contributed by atoms with van der Waals surface area (Å²) < 4.78 is 126. The lowest BCUT2D eigenvalue weighted by Gasteiger charge is -2.41. The van der Waals surface area contributed by atoms with E-state index in [9.17, 15) is 52.3 Å². The number of hydrogen-bond acceptors (Lipinski definition) is 9. The summed E-state index contributed by atoms with van der Waals surface area (Å²) in [5.41, 5.74) is -2.91. The number of carbonyl (C=O) groups excluding carboxylic acids is 2. The van der Waals surface area contributed by atoms with Crippen molar-refractivity contribution in [2.45, 2.75) is 50.2 Å². The maximum atomic E-state index is 13.6. The van der Waals surface area contributed by atoms with Crippen LogP contribution >= 0.6 is 10.2 Å². The topological polar surface area (TPSA) is 123 Å². The van der Waals surface area contributed by atoms with Gasteiger partial charge < -0.3 is 23.8 Å². The second kappa shape index (κ2) is 9.99. The number of aryl methyl sites for hydroxylation is 1. The van der Waals surface area contributed by atoms with E-state index in [1.807, 2.05) is 0 Å². The fourth-order valence-electron chi connectivity index (χ4n) is 3.02. The smallest absolute Gasteiger partial charge is 0.475 e. The molecule has 1 aliphatic heterocycles. The molecule has 0 spiro atoms. The predicted molar refractivity (Wildman–Crippen MR) is 111 cm³/mol. The number of esters is 1. The van der Waals surface area contributed by atoms with Gasteiger partial charge in [0.25, 0.3) is 5.09 Å². The molecule has 1 aromatic rings. The monoisotopic (exact) mass is 589 g/mol. The van der Waals surface area contributed by atoms with Gasteiger partial charge in [0.1, 0.15) is 10.6 Å². The molecule has 0 fully saturated rings. The van der Waals surface area contributed by atoms with Crippen LogP contribution in [0.3, 0.4) is 0 Å². The molecule has 1 aliphatic rings. The highest BCUT2D eigenvalue weighted by molar-refractivity contribution is 8.45. The molecule has 0 bridgehead atoms. The number of ether oxygens (including phenoxy) is 4. The molecule has 0 N–H and O–H groups in total. The lowest BCUT2D eigenvalue weighted by atomic mass is 9.98. The molecule has 0 aromatic heterocycles. The Morgan fingerprint density at radius 2 is 1.76 bits per heavy atom. The van der Waals surface area contributed by atoms with Gasteiger partial charge in [-0.25, -0.2) is 9.59 Å². The van der Waals surface area contributed by atoms with E-state index in [1.54, 1.807) is 0 Å². The Bertz CT molecular complexity index is 1140. The van der Waals surface area contributed by atoms with Crippen LogP contribution in [-0.4, -0.2) is 49.0 Å². The number of benzene rings is 1. The third-order valence-corrected chi connectivity index (χ3v) is 5.72. The molecule has 0 amide bonds. The van der Waals surface area contributed by atoms with Crippen molar-refractivity contribution in [1.82, 2.24) is 0 Å². The average molecular weight is 589 g/mol. The number of hydrogen-bond donors (Lipinski definition) is 0. The molecular weight excluding hydrogens is 570 g/mol. The Hall–Kier alpha value is -3.51. The maximum Gasteiger partial charge on any atom is 0.511 e. The van der Waals surface area contributed by atoms with Crippen LogP contribution in [0.25, 0.3) is 6.08 Å². The summed E-state index contributed by atoms with van der Waals surface area (Å²) in [6.45, 7) is 1.17. The first kappa shape index (κ1) is 30.7. The normalized spacial score (nSPS) is 17.9. The summed E-state index contributed by atoms with van der Waals surface area (Å²) in [5.74, 6) is -2.64. The zero-order chi connectivity index (χ0) is 29.2. The Kier molecular flexibility index (Phi) is 8.07. The largest absolute Gasteiger partial charge is 0.511 e. The first-order chi connectivity index (χ1) is 17.1. The van der Waals surface area contributed by atoms with Crippen molar-refractivity contribution in [3.8, 4) is 5.75 Å². The van der Waals surface area contributed by atoms with E-state index in [-0.39, 0.29) is 24.6 Å². The minimum atomic E-state index is -10.3. The van der Waals surface area contributed by atoms with Gasteiger partial charge in [-0.05, 0) is 30.2 Å². The van der Waals surface area contributed by atoms with Gasteiger partial charge in [0.2, 0.25) is 12.4 Å². The van der Waals surface area contributed by atoms with Crippen LogP contribution in [-0.2, 0) is 30.3 Å². The van der Waals surface area contributed by atoms with Crippen molar-refractivity contribution >= 4 is 28.4 Å². The molecule has 1 heterocycles. The highest BCUT2D eigenvalue weighted by Crippen LogP contribution is 3.02. The van der Waals surface area contributed by atoms with E-state index in [0.29, 0.717) is 0 Å². The van der Waals surface area contributed by atoms with Gasteiger partial charge >= 0.3 is 28.5 Å². The van der Waals surface area contributed by atoms with Crippen molar-refractivity contribution in [2.24, 2.45) is 0 Å². The van der Waals surface area contributed by atoms with Gasteiger partial charge in [-0.15, -0.1) is 10.1 Å². The summed E-state index contributed by atoms with van der Waals surface area (Å²) in [7, 11) is -10.3. The van der Waals surface area contributed by atoms with Crippen LogP contribution in [0, 0.1) is 10.1 Å². The van der Waals surface area contributed by atoms with Crippen LogP contribution in [0.2, 0.25) is 0 Å². The number of fused-ring (bicyclic) bond motifs is 1. The molecule has 2 rings (SSSR count). The minimum absolute atomic E-state index is 0.0178. The summed E-state index contributed by atoms with van der Waals surface area (Å²) in [5, 5.41) is 8.88.